The first-order valence-corrected chi connectivity index (χ1v) is 41.4. The van der Waals surface area contributed by atoms with E-state index in [4.69, 9.17) is 9.47 Å². The minimum absolute atomic E-state index is 0. The third-order valence-corrected chi connectivity index (χ3v) is 19.4. The van der Waals surface area contributed by atoms with Gasteiger partial charge < -0.3 is 62.9 Å². The summed E-state index contributed by atoms with van der Waals surface area (Å²) in [6, 6.07) is 64.9. The molecule has 6 N–H and O–H groups in total. The van der Waals surface area contributed by atoms with E-state index in [9.17, 15) is 67.4 Å². The van der Waals surface area contributed by atoms with Gasteiger partial charge in [0.2, 0.25) is 0 Å². The van der Waals surface area contributed by atoms with Gasteiger partial charge in [-0.15, -0.1) is 95.6 Å². The molecular formula is C105H105F4Ir5N12O12-5. The van der Waals surface area contributed by atoms with Gasteiger partial charge in [-0.25, -0.2) is 0 Å². The summed E-state index contributed by atoms with van der Waals surface area (Å²) in [4.78, 5) is 73.2. The molecule has 7 aromatic heterocycles. The standard InChI is InChI=1S/C19H19N2.2C12H13N2O2.2C11H12O2.2C10H7F2N2.2C10H11NO2.5Ir/c1-3-15-11-8-12-16(4-2)18(15)21-14-13-20-19(21)17-9-6-5-7-10-17;2*1-14-6-5-13-12(14)11-4-3-10(16-2)7-9(11)8-15;2*1-8(12)11(9(2)13)10-6-4-3-5-7-10;2*1-14-5-4-13-10(14)8-3-2-7(11)6-9(8)12;2*1-7(12)10(8(2)13)9-3-5-11-6-4-9;;;;;/h5-9,11-14H,3-4H2,1-2H3;2*3,5-7,15H,8H2,1-2H3;2*3-7,12H,1-2H3;2*2,4-6H,1H3;2*3-6,12H,1-2H3;;;;;/q3*-1;;;2*-1;;;;;;;. The maximum Gasteiger partial charge on any atom is 0.163 e. The van der Waals surface area contributed by atoms with E-state index < -0.39 is 23.3 Å². The molecule has 15 rings (SSSR count). The molecule has 0 aliphatic rings. The molecular weight excluding hydrogens is 2660 g/mol. The van der Waals surface area contributed by atoms with Gasteiger partial charge in [0.25, 0.3) is 0 Å². The number of halogens is 4. The number of hydrogen-bond donors (Lipinski definition) is 6. The quantitative estimate of drug-likeness (QED) is 0.0179. The minimum Gasteiger partial charge on any atom is -0.540 e. The Morgan fingerprint density at radius 2 is 0.645 bits per heavy atom. The number of pyridine rings is 2. The molecule has 0 spiro atoms. The molecule has 7 heterocycles. The number of rotatable bonds is 20. The Morgan fingerprint density at radius 3 is 0.913 bits per heavy atom. The first-order chi connectivity index (χ1) is 63.7. The van der Waals surface area contributed by atoms with Gasteiger partial charge in [0, 0.05) is 269 Å². The molecule has 0 aliphatic carbocycles. The van der Waals surface area contributed by atoms with Crippen LogP contribution >= 0.6 is 0 Å². The van der Waals surface area contributed by atoms with E-state index in [0.29, 0.717) is 56.6 Å². The number of aliphatic hydroxyl groups excluding tert-OH is 6. The molecule has 0 fully saturated rings. The number of Topliss-reactive ketones (excluding diaryl/α,β-unsaturated/α-hetero) is 4. The van der Waals surface area contributed by atoms with E-state index in [1.165, 1.54) is 72.2 Å². The Labute approximate surface area is 869 Å². The number of benzene rings is 8. The maximum absolute atomic E-state index is 13.3. The van der Waals surface area contributed by atoms with Gasteiger partial charge in [0.15, 0.2) is 23.1 Å². The third kappa shape index (κ3) is 35.8. The number of hydrogen-bond acceptors (Lipinski definition) is 19. The molecule has 0 unspecified atom stereocenters. The maximum atomic E-state index is 13.3. The summed E-state index contributed by atoms with van der Waals surface area (Å²) < 4.78 is 71.2. The van der Waals surface area contributed by atoms with Crippen molar-refractivity contribution < 1.29 is 177 Å². The van der Waals surface area contributed by atoms with Crippen LogP contribution in [-0.2, 0) is 174 Å². The Kier molecular flexibility index (Phi) is 54.9. The van der Waals surface area contributed by atoms with E-state index in [1.54, 1.807) is 172 Å². The summed E-state index contributed by atoms with van der Waals surface area (Å²) in [5.41, 5.74) is 12.9. The van der Waals surface area contributed by atoms with Crippen molar-refractivity contribution in [1.82, 2.24) is 57.7 Å². The summed E-state index contributed by atoms with van der Waals surface area (Å²) in [7, 11) is 10.5. The molecule has 0 saturated carbocycles. The fraction of sp³-hybridized carbons (Fsp3) is 0.190. The Bertz CT molecular complexity index is 5970. The van der Waals surface area contributed by atoms with Crippen LogP contribution in [0.4, 0.5) is 17.6 Å². The predicted molar refractivity (Wildman–Crippen MR) is 506 cm³/mol. The second kappa shape index (κ2) is 62.3. The average Bonchev–Trinajstić information content (AvgIpc) is 1.68. The zero-order chi connectivity index (χ0) is 97.4. The van der Waals surface area contributed by atoms with Gasteiger partial charge >= 0.3 is 0 Å². The van der Waals surface area contributed by atoms with E-state index in [1.807, 2.05) is 103 Å². The van der Waals surface area contributed by atoms with Gasteiger partial charge in [-0.2, -0.15) is 0 Å². The van der Waals surface area contributed by atoms with E-state index in [-0.39, 0.29) is 171 Å². The summed E-state index contributed by atoms with van der Waals surface area (Å²) in [6.45, 7) is 16.1. The molecule has 15 aromatic rings. The van der Waals surface area contributed by atoms with E-state index >= 15 is 0 Å². The first-order valence-electron chi connectivity index (χ1n) is 41.4. The second-order valence-corrected chi connectivity index (χ2v) is 29.0. The monoisotopic (exact) mass is 2770 g/mol. The molecule has 5 radical (unpaired) electrons. The van der Waals surface area contributed by atoms with Crippen LogP contribution in [0.5, 0.6) is 11.5 Å². The van der Waals surface area contributed by atoms with Crippen LogP contribution in [0.15, 0.2) is 286 Å². The van der Waals surface area contributed by atoms with Crippen molar-refractivity contribution in [1.29, 1.82) is 0 Å². The molecule has 0 amide bonds. The minimum atomic E-state index is -0.653. The SMILES string of the molecule is CC(=O)C(=C(C)O)c1ccccc1.CC(=O)C(=C(C)O)c1ccccc1.CC(=O)C(=C(C)O)c1ccncc1.CC(=O)C(=C(C)O)c1ccncc1.CCc1cccc(CC)c1-n1ccnc1-c1[c-]cccc1.COc1c[c-]c(-c2nccn2C)c(CO)c1.COc1c[c-]c(-c2nccn2C)c(CO)c1.Cn1ccnc1-c1[c-]cc(F)cc1F.Cn1ccnc1-c1[c-]cc(F)cc1F.[Ir].[Ir].[Ir].[Ir].[Ir]. The molecule has 0 aliphatic heterocycles. The molecule has 0 bridgehead atoms. The van der Waals surface area contributed by atoms with Crippen molar-refractivity contribution >= 4 is 45.4 Å². The van der Waals surface area contributed by atoms with E-state index in [2.05, 4.69) is 108 Å². The number of aryl methyl sites for hydroxylation is 6. The van der Waals surface area contributed by atoms with Crippen molar-refractivity contribution in [3.63, 3.8) is 0 Å². The molecule has 8 aromatic carbocycles. The molecule has 0 atom stereocenters. The normalized spacial score (nSPS) is 10.8. The number of carbonyl (C=O) groups is 4. The van der Waals surface area contributed by atoms with Crippen LogP contribution in [0.3, 0.4) is 0 Å². The van der Waals surface area contributed by atoms with Crippen LogP contribution in [-0.4, -0.2) is 126 Å². The summed E-state index contributed by atoms with van der Waals surface area (Å²) in [5.74, 6) is 1.85. The summed E-state index contributed by atoms with van der Waals surface area (Å²) in [6.07, 6.45) is 25.9. The number of methoxy groups -OCH3 is 2. The van der Waals surface area contributed by atoms with Crippen molar-refractivity contribution in [2.75, 3.05) is 14.2 Å². The van der Waals surface area contributed by atoms with Gasteiger partial charge in [-0.05, 0) is 126 Å². The second-order valence-electron chi connectivity index (χ2n) is 29.0. The molecule has 33 heteroatoms. The number of para-hydroxylation sites is 1. The van der Waals surface area contributed by atoms with Gasteiger partial charge in [0.05, 0.1) is 65.6 Å². The van der Waals surface area contributed by atoms with Gasteiger partial charge in [-0.3, -0.25) is 71.6 Å². The zero-order valence-corrected chi connectivity index (χ0v) is 90.3. The van der Waals surface area contributed by atoms with E-state index in [0.717, 1.165) is 93.5 Å². The number of imidazole rings is 5. The fourth-order valence-corrected chi connectivity index (χ4v) is 13.3. The van der Waals surface area contributed by atoms with Crippen LogP contribution in [0.2, 0.25) is 0 Å². The Morgan fingerprint density at radius 1 is 0.348 bits per heavy atom. The van der Waals surface area contributed by atoms with Crippen LogP contribution < -0.4 is 9.47 Å². The van der Waals surface area contributed by atoms with Crippen molar-refractivity contribution in [3.05, 3.63) is 384 Å². The number of allylic oxidation sites excluding steroid dienone is 8. The number of ketones is 4. The zero-order valence-electron chi connectivity index (χ0n) is 78.3. The Balaban J connectivity index is 0.000000525. The predicted octanol–water partition coefficient (Wildman–Crippen LogP) is 20.6. The third-order valence-electron chi connectivity index (χ3n) is 19.4. The molecule has 138 heavy (non-hydrogen) atoms. The van der Waals surface area contributed by atoms with Crippen LogP contribution in [0, 0.1) is 53.6 Å². The van der Waals surface area contributed by atoms with Crippen LogP contribution in [0.1, 0.15) is 114 Å². The average molecular weight is 2760 g/mol. The number of nitrogens with zero attached hydrogens (tertiary/aromatic N) is 12. The fourth-order valence-electron chi connectivity index (χ4n) is 13.3. The number of aliphatic hydroxyl groups is 6. The number of carbonyl (C=O) groups excluding carboxylic acids is 4. The van der Waals surface area contributed by atoms with Gasteiger partial charge in [-0.1, -0.05) is 139 Å². The molecule has 735 valence electrons. The Hall–Kier alpha value is -12.6. The smallest absolute Gasteiger partial charge is 0.163 e. The largest absolute Gasteiger partial charge is 0.540 e. The van der Waals surface area contributed by atoms with Crippen molar-refractivity contribution in [2.45, 2.75) is 95.3 Å². The van der Waals surface area contributed by atoms with Gasteiger partial charge in [0.1, 0.15) is 23.0 Å². The topological polar surface area (TPSA) is 323 Å². The summed E-state index contributed by atoms with van der Waals surface area (Å²) >= 11 is 0. The number of aromatic nitrogens is 12. The number of ether oxygens (including phenoxy) is 2. The molecule has 0 saturated heterocycles. The van der Waals surface area contributed by atoms with Crippen LogP contribution in [0.25, 0.3) is 84.9 Å². The summed E-state index contributed by atoms with van der Waals surface area (Å²) in [5, 5.41) is 55.8. The van der Waals surface area contributed by atoms with Crippen molar-refractivity contribution in [3.8, 4) is 74.1 Å². The molecule has 24 nitrogen and oxygen atoms in total. The first kappa shape index (κ1) is 121. The van der Waals surface area contributed by atoms with Crippen molar-refractivity contribution in [2.24, 2.45) is 28.2 Å².